The molecule has 1 fully saturated rings. The Morgan fingerprint density at radius 3 is 2.89 bits per heavy atom. The Hall–Kier alpha value is -3.56. The van der Waals surface area contributed by atoms with Gasteiger partial charge in [-0.3, -0.25) is 14.5 Å². The molecular weight excluding hydrogens is 365 g/mol. The molecule has 2 amide bonds. The Balaban J connectivity index is 1.65. The summed E-state index contributed by atoms with van der Waals surface area (Å²) in [6.45, 7) is 0.806. The van der Waals surface area contributed by atoms with Crippen LogP contribution in [-0.2, 0) is 11.3 Å². The molecule has 2 heterocycles. The minimum absolute atomic E-state index is 0.0509. The zero-order chi connectivity index (χ0) is 20.1. The number of carbonyl (C=O) groups is 2. The first-order valence-corrected chi connectivity index (χ1v) is 8.65. The van der Waals surface area contributed by atoms with E-state index in [1.807, 2.05) is 0 Å². The minimum atomic E-state index is -0.731. The second-order valence-electron chi connectivity index (χ2n) is 6.25. The summed E-state index contributed by atoms with van der Waals surface area (Å²) in [4.78, 5) is 30.4. The average Bonchev–Trinajstić information content (AvgIpc) is 3.11. The van der Waals surface area contributed by atoms with Gasteiger partial charge in [0.2, 0.25) is 11.7 Å². The van der Waals surface area contributed by atoms with Crippen molar-refractivity contribution < 1.29 is 14.0 Å². The van der Waals surface area contributed by atoms with Gasteiger partial charge in [-0.15, -0.1) is 5.10 Å². The Labute approximate surface area is 160 Å². The fraction of sp³-hybridized carbons (Fsp3) is 0.278. The van der Waals surface area contributed by atoms with Crippen LogP contribution in [0.15, 0.2) is 42.5 Å². The van der Waals surface area contributed by atoms with Crippen LogP contribution >= 0.6 is 0 Å². The van der Waals surface area contributed by atoms with Crippen molar-refractivity contribution >= 4 is 18.0 Å². The van der Waals surface area contributed by atoms with Crippen molar-refractivity contribution in [1.29, 1.82) is 5.41 Å². The highest BCUT2D eigenvalue weighted by atomic mass is 19.1. The molecule has 3 rings (SSSR count). The molecule has 0 spiro atoms. The van der Waals surface area contributed by atoms with Crippen LogP contribution in [0.5, 0.6) is 0 Å². The Bertz CT molecular complexity index is 907. The lowest BCUT2D eigenvalue weighted by Gasteiger charge is -2.21. The zero-order valence-corrected chi connectivity index (χ0v) is 15.2. The predicted octanol–water partition coefficient (Wildman–Crippen LogP) is 0.507. The molecule has 1 aliphatic rings. The highest BCUT2D eigenvalue weighted by Gasteiger charge is 2.29. The summed E-state index contributed by atoms with van der Waals surface area (Å²) in [5.74, 6) is -0.724. The monoisotopic (exact) mass is 385 g/mol. The maximum absolute atomic E-state index is 13.0. The number of rotatable bonds is 5. The second kappa shape index (κ2) is 8.42. The van der Waals surface area contributed by atoms with Crippen LogP contribution < -0.4 is 10.6 Å². The second-order valence-corrected chi connectivity index (χ2v) is 6.25. The van der Waals surface area contributed by atoms with Gasteiger partial charge >= 0.3 is 0 Å². The normalized spacial score (nSPS) is 18.5. The number of amides is 2. The lowest BCUT2D eigenvalue weighted by molar-refractivity contribution is -0.129. The van der Waals surface area contributed by atoms with Crippen molar-refractivity contribution in [2.45, 2.75) is 19.0 Å². The number of hydrogen-bond donors (Lipinski definition) is 3. The molecule has 1 aliphatic heterocycles. The van der Waals surface area contributed by atoms with E-state index in [2.05, 4.69) is 20.7 Å². The summed E-state index contributed by atoms with van der Waals surface area (Å²) < 4.78 is 14.4. The third-order valence-electron chi connectivity index (χ3n) is 4.27. The van der Waals surface area contributed by atoms with Gasteiger partial charge in [0.1, 0.15) is 24.0 Å². The SMILES string of the molecule is CN1C(=O)[C@@H](NC(=O)c2ncn(Cc3ccc(F)cc3)n2)CCN/C1=C\C=N. The summed E-state index contributed by atoms with van der Waals surface area (Å²) >= 11 is 0. The van der Waals surface area contributed by atoms with Crippen LogP contribution in [0.3, 0.4) is 0 Å². The molecule has 2 aromatic rings. The fourth-order valence-electron chi connectivity index (χ4n) is 2.80. The van der Waals surface area contributed by atoms with Gasteiger partial charge in [0.25, 0.3) is 5.91 Å². The quantitative estimate of drug-likeness (QED) is 0.649. The molecule has 1 saturated heterocycles. The summed E-state index contributed by atoms with van der Waals surface area (Å²) in [5.41, 5.74) is 0.815. The summed E-state index contributed by atoms with van der Waals surface area (Å²) in [6.07, 6.45) is 4.36. The molecule has 146 valence electrons. The molecule has 0 saturated carbocycles. The largest absolute Gasteiger partial charge is 0.371 e. The minimum Gasteiger partial charge on any atom is -0.371 e. The van der Waals surface area contributed by atoms with Crippen molar-refractivity contribution in [1.82, 2.24) is 30.3 Å². The molecule has 0 unspecified atom stereocenters. The van der Waals surface area contributed by atoms with Crippen molar-refractivity contribution in [2.75, 3.05) is 13.6 Å². The van der Waals surface area contributed by atoms with Gasteiger partial charge in [0.15, 0.2) is 0 Å². The smallest absolute Gasteiger partial charge is 0.291 e. The maximum Gasteiger partial charge on any atom is 0.291 e. The fourth-order valence-corrected chi connectivity index (χ4v) is 2.80. The van der Waals surface area contributed by atoms with Gasteiger partial charge in [0, 0.05) is 19.8 Å². The standard InChI is InChI=1S/C18H20FN7O2/c1-25-15(6-8-20)21-9-7-14(18(25)28)23-17(27)16-22-11-26(24-16)10-12-2-4-13(19)5-3-12/h2-6,8,11,14,20-21H,7,9-10H2,1H3,(H,23,27)/b15-6+,20-8?/t14-/m0/s1. The molecule has 1 aromatic carbocycles. The topological polar surface area (TPSA) is 116 Å². The molecule has 0 bridgehead atoms. The molecule has 0 radical (unpaired) electrons. The number of carbonyl (C=O) groups excluding carboxylic acids is 2. The maximum atomic E-state index is 13.0. The third kappa shape index (κ3) is 4.40. The number of nitrogens with zero attached hydrogens (tertiary/aromatic N) is 4. The molecule has 10 heteroatoms. The number of likely N-dealkylation sites (N-methyl/N-ethyl adjacent to an activating group) is 1. The molecule has 1 atom stereocenters. The van der Waals surface area contributed by atoms with Gasteiger partial charge in [-0.05, 0) is 30.2 Å². The first-order valence-electron chi connectivity index (χ1n) is 8.65. The number of nitrogens with one attached hydrogen (secondary N) is 3. The molecular formula is C18H20FN7O2. The van der Waals surface area contributed by atoms with E-state index < -0.39 is 11.9 Å². The number of aromatic nitrogens is 3. The van der Waals surface area contributed by atoms with Crippen molar-refractivity contribution in [3.05, 3.63) is 59.7 Å². The Morgan fingerprint density at radius 2 is 2.18 bits per heavy atom. The van der Waals surface area contributed by atoms with Gasteiger partial charge in [-0.25, -0.2) is 14.1 Å². The number of allylic oxidation sites excluding steroid dienone is 1. The number of hydrogen-bond acceptors (Lipinski definition) is 6. The van der Waals surface area contributed by atoms with Crippen molar-refractivity contribution in [2.24, 2.45) is 0 Å². The molecule has 1 aromatic heterocycles. The Kier molecular flexibility index (Phi) is 5.78. The highest BCUT2D eigenvalue weighted by molar-refractivity contribution is 5.95. The lowest BCUT2D eigenvalue weighted by Crippen LogP contribution is -2.46. The van der Waals surface area contributed by atoms with Crippen LogP contribution in [0, 0.1) is 11.2 Å². The summed E-state index contributed by atoms with van der Waals surface area (Å²) in [5, 5.41) is 17.0. The van der Waals surface area contributed by atoms with Crippen molar-refractivity contribution in [3.63, 3.8) is 0 Å². The van der Waals surface area contributed by atoms with E-state index in [4.69, 9.17) is 5.41 Å². The van der Waals surface area contributed by atoms with Crippen LogP contribution in [0.4, 0.5) is 4.39 Å². The summed E-state index contributed by atoms with van der Waals surface area (Å²) in [7, 11) is 1.57. The van der Waals surface area contributed by atoms with E-state index in [0.29, 0.717) is 25.3 Å². The van der Waals surface area contributed by atoms with Gasteiger partial charge < -0.3 is 16.0 Å². The Morgan fingerprint density at radius 1 is 1.43 bits per heavy atom. The first kappa shape index (κ1) is 19.2. The van der Waals surface area contributed by atoms with Crippen LogP contribution in [0.25, 0.3) is 0 Å². The number of halogens is 1. The highest BCUT2D eigenvalue weighted by Crippen LogP contribution is 2.09. The van der Waals surface area contributed by atoms with E-state index in [0.717, 1.165) is 11.8 Å². The van der Waals surface area contributed by atoms with Crippen LogP contribution in [0.2, 0.25) is 0 Å². The predicted molar refractivity (Wildman–Crippen MR) is 99.0 cm³/mol. The van der Waals surface area contributed by atoms with Gasteiger partial charge in [0.05, 0.1) is 6.54 Å². The first-order chi connectivity index (χ1) is 13.5. The third-order valence-corrected chi connectivity index (χ3v) is 4.27. The van der Waals surface area contributed by atoms with Crippen molar-refractivity contribution in [3.8, 4) is 0 Å². The molecule has 9 nitrogen and oxygen atoms in total. The van der Waals surface area contributed by atoms with E-state index >= 15 is 0 Å². The van der Waals surface area contributed by atoms with Crippen LogP contribution in [-0.4, -0.2) is 57.3 Å². The molecule has 28 heavy (non-hydrogen) atoms. The zero-order valence-electron chi connectivity index (χ0n) is 15.2. The number of benzene rings is 1. The van der Waals surface area contributed by atoms with Gasteiger partial charge in [-0.1, -0.05) is 12.1 Å². The van der Waals surface area contributed by atoms with Crippen LogP contribution in [0.1, 0.15) is 22.6 Å². The average molecular weight is 385 g/mol. The lowest BCUT2D eigenvalue weighted by atomic mass is 10.2. The molecule has 3 N–H and O–H groups in total. The van der Waals surface area contributed by atoms with E-state index in [1.165, 1.54) is 34.1 Å². The van der Waals surface area contributed by atoms with E-state index in [-0.39, 0.29) is 17.5 Å². The van der Waals surface area contributed by atoms with E-state index in [1.54, 1.807) is 19.2 Å². The molecule has 0 aliphatic carbocycles. The summed E-state index contributed by atoms with van der Waals surface area (Å²) in [6, 6.07) is 5.23. The van der Waals surface area contributed by atoms with Gasteiger partial charge in [-0.2, -0.15) is 0 Å². The van der Waals surface area contributed by atoms with E-state index in [9.17, 15) is 14.0 Å².